The number of rotatable bonds is 5. The van der Waals surface area contributed by atoms with E-state index in [-0.39, 0.29) is 5.91 Å². The Morgan fingerprint density at radius 1 is 1.45 bits per heavy atom. The highest BCUT2D eigenvalue weighted by Crippen LogP contribution is 2.20. The first-order chi connectivity index (χ1) is 10.5. The molecule has 1 saturated heterocycles. The standard InChI is InChI=1S/C17H28N4O/c1-12(2)7-8-18-16(22)15-10-14(4)19-17(20-15)21-9-5-6-13(3)11-21/h10,12-13H,5-9,11H2,1-4H3,(H,18,22). The molecule has 0 aromatic carbocycles. The smallest absolute Gasteiger partial charge is 0.270 e. The van der Waals surface area contributed by atoms with Gasteiger partial charge in [-0.25, -0.2) is 9.97 Å². The van der Waals surface area contributed by atoms with Gasteiger partial charge in [-0.05, 0) is 44.1 Å². The van der Waals surface area contributed by atoms with E-state index in [0.717, 1.165) is 31.6 Å². The number of hydrogen-bond acceptors (Lipinski definition) is 4. The minimum Gasteiger partial charge on any atom is -0.351 e. The van der Waals surface area contributed by atoms with Crippen molar-refractivity contribution in [3.8, 4) is 0 Å². The van der Waals surface area contributed by atoms with Crippen LogP contribution in [0, 0.1) is 18.8 Å². The SMILES string of the molecule is Cc1cc(C(=O)NCCC(C)C)nc(N2CCCC(C)C2)n1. The zero-order valence-electron chi connectivity index (χ0n) is 14.2. The van der Waals surface area contributed by atoms with Crippen LogP contribution in [0.1, 0.15) is 56.2 Å². The fourth-order valence-corrected chi connectivity index (χ4v) is 2.75. The number of carbonyl (C=O) groups excluding carboxylic acids is 1. The number of carbonyl (C=O) groups is 1. The Balaban J connectivity index is 2.07. The first-order valence-electron chi connectivity index (χ1n) is 8.34. The Morgan fingerprint density at radius 2 is 2.23 bits per heavy atom. The highest BCUT2D eigenvalue weighted by atomic mass is 16.1. The summed E-state index contributed by atoms with van der Waals surface area (Å²) in [4.78, 5) is 23.5. The molecule has 1 aromatic rings. The Bertz CT molecular complexity index is 515. The van der Waals surface area contributed by atoms with Crippen LogP contribution in [-0.2, 0) is 0 Å². The molecule has 0 bridgehead atoms. The summed E-state index contributed by atoms with van der Waals surface area (Å²) < 4.78 is 0. The Hall–Kier alpha value is -1.65. The Morgan fingerprint density at radius 3 is 2.91 bits per heavy atom. The summed E-state index contributed by atoms with van der Waals surface area (Å²) in [5, 5.41) is 2.95. The van der Waals surface area contributed by atoms with E-state index < -0.39 is 0 Å². The zero-order chi connectivity index (χ0) is 16.1. The molecule has 122 valence electrons. The van der Waals surface area contributed by atoms with Crippen LogP contribution in [0.3, 0.4) is 0 Å². The van der Waals surface area contributed by atoms with Crippen molar-refractivity contribution < 1.29 is 4.79 Å². The predicted octanol–water partition coefficient (Wildman–Crippen LogP) is 2.80. The summed E-state index contributed by atoms with van der Waals surface area (Å²) >= 11 is 0. The molecule has 1 aliphatic rings. The minimum atomic E-state index is -0.0996. The fourth-order valence-electron chi connectivity index (χ4n) is 2.75. The fraction of sp³-hybridized carbons (Fsp3) is 0.706. The maximum absolute atomic E-state index is 12.3. The molecule has 5 heteroatoms. The lowest BCUT2D eigenvalue weighted by Gasteiger charge is -2.31. The highest BCUT2D eigenvalue weighted by Gasteiger charge is 2.20. The molecular formula is C17H28N4O. The van der Waals surface area contributed by atoms with Gasteiger partial charge in [-0.2, -0.15) is 0 Å². The van der Waals surface area contributed by atoms with Crippen molar-refractivity contribution in [3.63, 3.8) is 0 Å². The van der Waals surface area contributed by atoms with Gasteiger partial charge in [0.2, 0.25) is 5.95 Å². The third kappa shape index (κ3) is 4.68. The molecule has 5 nitrogen and oxygen atoms in total. The lowest BCUT2D eigenvalue weighted by atomic mass is 10.0. The minimum absolute atomic E-state index is 0.0996. The first-order valence-corrected chi connectivity index (χ1v) is 8.34. The van der Waals surface area contributed by atoms with E-state index in [1.807, 2.05) is 6.92 Å². The monoisotopic (exact) mass is 304 g/mol. The quantitative estimate of drug-likeness (QED) is 0.909. The number of piperidine rings is 1. The second kappa shape index (κ2) is 7.56. The number of nitrogens with one attached hydrogen (secondary N) is 1. The molecular weight excluding hydrogens is 276 g/mol. The number of amides is 1. The normalized spacial score (nSPS) is 18.6. The van der Waals surface area contributed by atoms with Crippen LogP contribution in [0.2, 0.25) is 0 Å². The maximum atomic E-state index is 12.3. The molecule has 1 N–H and O–H groups in total. The number of aryl methyl sites for hydroxylation is 1. The molecule has 1 unspecified atom stereocenters. The molecule has 22 heavy (non-hydrogen) atoms. The summed E-state index contributed by atoms with van der Waals surface area (Å²) in [5.74, 6) is 1.83. The third-order valence-electron chi connectivity index (χ3n) is 4.02. The lowest BCUT2D eigenvalue weighted by molar-refractivity contribution is 0.0947. The van der Waals surface area contributed by atoms with E-state index in [0.29, 0.717) is 30.0 Å². The Kier molecular flexibility index (Phi) is 5.75. The van der Waals surface area contributed by atoms with Crippen molar-refractivity contribution in [3.05, 3.63) is 17.5 Å². The molecule has 0 aliphatic carbocycles. The number of hydrogen-bond donors (Lipinski definition) is 1. The average molecular weight is 304 g/mol. The van der Waals surface area contributed by atoms with Gasteiger partial charge in [-0.15, -0.1) is 0 Å². The molecule has 1 atom stereocenters. The third-order valence-corrected chi connectivity index (χ3v) is 4.02. The molecule has 1 aliphatic heterocycles. The van der Waals surface area contributed by atoms with Crippen LogP contribution in [0.15, 0.2) is 6.07 Å². The second-order valence-electron chi connectivity index (χ2n) is 6.83. The van der Waals surface area contributed by atoms with Crippen LogP contribution in [-0.4, -0.2) is 35.5 Å². The van der Waals surface area contributed by atoms with Gasteiger partial charge < -0.3 is 10.2 Å². The van der Waals surface area contributed by atoms with Crippen molar-refractivity contribution in [2.24, 2.45) is 11.8 Å². The first kappa shape index (κ1) is 16.7. The van der Waals surface area contributed by atoms with Crippen molar-refractivity contribution in [1.29, 1.82) is 0 Å². The van der Waals surface area contributed by atoms with E-state index in [2.05, 4.69) is 41.0 Å². The summed E-state index contributed by atoms with van der Waals surface area (Å²) in [6, 6.07) is 1.77. The van der Waals surface area contributed by atoms with E-state index in [4.69, 9.17) is 0 Å². The largest absolute Gasteiger partial charge is 0.351 e. The van der Waals surface area contributed by atoms with Gasteiger partial charge in [-0.1, -0.05) is 20.8 Å². The van der Waals surface area contributed by atoms with E-state index >= 15 is 0 Å². The second-order valence-corrected chi connectivity index (χ2v) is 6.83. The van der Waals surface area contributed by atoms with Crippen LogP contribution in [0.5, 0.6) is 0 Å². The van der Waals surface area contributed by atoms with E-state index in [1.54, 1.807) is 6.07 Å². The summed E-state index contributed by atoms with van der Waals surface area (Å²) in [7, 11) is 0. The molecule has 0 saturated carbocycles. The van der Waals surface area contributed by atoms with Crippen LogP contribution in [0.25, 0.3) is 0 Å². The van der Waals surface area contributed by atoms with Crippen molar-refractivity contribution in [2.45, 2.75) is 47.0 Å². The molecule has 1 amide bonds. The molecule has 2 rings (SSSR count). The van der Waals surface area contributed by atoms with Crippen LogP contribution < -0.4 is 10.2 Å². The van der Waals surface area contributed by atoms with E-state index in [9.17, 15) is 4.79 Å². The topological polar surface area (TPSA) is 58.1 Å². The molecule has 1 fully saturated rings. The number of nitrogens with zero attached hydrogens (tertiary/aromatic N) is 3. The summed E-state index contributed by atoms with van der Waals surface area (Å²) in [6.07, 6.45) is 3.39. The summed E-state index contributed by atoms with van der Waals surface area (Å²) in [5.41, 5.74) is 1.32. The van der Waals surface area contributed by atoms with E-state index in [1.165, 1.54) is 6.42 Å². The molecule has 0 spiro atoms. The van der Waals surface area contributed by atoms with Gasteiger partial charge in [0.15, 0.2) is 0 Å². The number of aromatic nitrogens is 2. The highest BCUT2D eigenvalue weighted by molar-refractivity contribution is 5.92. The lowest BCUT2D eigenvalue weighted by Crippen LogP contribution is -2.36. The van der Waals surface area contributed by atoms with Gasteiger partial charge in [0, 0.05) is 25.3 Å². The van der Waals surface area contributed by atoms with Crippen LogP contribution in [0.4, 0.5) is 5.95 Å². The average Bonchev–Trinajstić information content (AvgIpc) is 2.46. The van der Waals surface area contributed by atoms with Gasteiger partial charge in [-0.3, -0.25) is 4.79 Å². The molecule has 2 heterocycles. The molecule has 0 radical (unpaired) electrons. The number of anilines is 1. The van der Waals surface area contributed by atoms with Crippen molar-refractivity contribution in [1.82, 2.24) is 15.3 Å². The Labute approximate surface area is 133 Å². The van der Waals surface area contributed by atoms with Crippen LogP contribution >= 0.6 is 0 Å². The van der Waals surface area contributed by atoms with Gasteiger partial charge in [0.05, 0.1) is 0 Å². The van der Waals surface area contributed by atoms with Crippen molar-refractivity contribution >= 4 is 11.9 Å². The maximum Gasteiger partial charge on any atom is 0.270 e. The van der Waals surface area contributed by atoms with Gasteiger partial charge in [0.25, 0.3) is 5.91 Å². The van der Waals surface area contributed by atoms with Gasteiger partial charge >= 0.3 is 0 Å². The van der Waals surface area contributed by atoms with Crippen molar-refractivity contribution in [2.75, 3.05) is 24.5 Å². The predicted molar refractivity (Wildman–Crippen MR) is 89.2 cm³/mol. The van der Waals surface area contributed by atoms with Gasteiger partial charge in [0.1, 0.15) is 5.69 Å². The zero-order valence-corrected chi connectivity index (χ0v) is 14.2. The summed E-state index contributed by atoms with van der Waals surface area (Å²) in [6.45, 7) is 11.1. The molecule has 1 aromatic heterocycles.